The molecule has 2 amide bonds. The van der Waals surface area contributed by atoms with Crippen LogP contribution in [0.25, 0.3) is 11.1 Å². The molecule has 0 unspecified atom stereocenters. The normalized spacial score (nSPS) is 22.2. The van der Waals surface area contributed by atoms with Crippen LogP contribution in [0.4, 0.5) is 8.78 Å². The first-order chi connectivity index (χ1) is 18.8. The molecule has 0 radical (unpaired) electrons. The maximum atomic E-state index is 16.2. The Balaban J connectivity index is 1.65. The van der Waals surface area contributed by atoms with Crippen molar-refractivity contribution >= 4 is 11.8 Å². The van der Waals surface area contributed by atoms with Crippen molar-refractivity contribution in [1.29, 1.82) is 5.26 Å². The van der Waals surface area contributed by atoms with Crippen LogP contribution in [-0.2, 0) is 4.79 Å². The van der Waals surface area contributed by atoms with Gasteiger partial charge in [-0.1, -0.05) is 18.2 Å². The van der Waals surface area contributed by atoms with Gasteiger partial charge in [0, 0.05) is 25.1 Å². The number of benzene rings is 2. The van der Waals surface area contributed by atoms with Crippen LogP contribution >= 0.6 is 0 Å². The highest BCUT2D eigenvalue weighted by Gasteiger charge is 2.49. The first-order valence-electron chi connectivity index (χ1n) is 13.5. The molecule has 2 aliphatic rings. The van der Waals surface area contributed by atoms with Crippen molar-refractivity contribution < 1.29 is 28.2 Å². The first-order valence-corrected chi connectivity index (χ1v) is 13.5. The molecule has 2 atom stereocenters. The van der Waals surface area contributed by atoms with Crippen molar-refractivity contribution in [3.05, 3.63) is 53.3 Å². The van der Waals surface area contributed by atoms with Crippen LogP contribution in [0.3, 0.4) is 0 Å². The molecule has 2 fully saturated rings. The molecule has 40 heavy (non-hydrogen) atoms. The Morgan fingerprint density at radius 2 is 1.88 bits per heavy atom. The van der Waals surface area contributed by atoms with Crippen LogP contribution in [0, 0.1) is 23.1 Å². The summed E-state index contributed by atoms with van der Waals surface area (Å²) < 4.78 is 36.1. The average molecular weight is 555 g/mol. The minimum Gasteiger partial charge on any atom is -0.490 e. The molecule has 2 aromatic rings. The fourth-order valence-electron chi connectivity index (χ4n) is 5.69. The summed E-state index contributed by atoms with van der Waals surface area (Å²) in [5.41, 5.74) is 3.21. The number of amides is 2. The summed E-state index contributed by atoms with van der Waals surface area (Å²) in [5, 5.41) is 20.0. The number of ether oxygens (including phenoxy) is 1. The van der Waals surface area contributed by atoms with Crippen molar-refractivity contribution in [3.8, 4) is 22.9 Å². The minimum atomic E-state index is -1.52. The predicted octanol–water partition coefficient (Wildman–Crippen LogP) is 3.65. The third-order valence-corrected chi connectivity index (χ3v) is 7.84. The van der Waals surface area contributed by atoms with E-state index in [-0.39, 0.29) is 47.9 Å². The number of nitriles is 1. The van der Waals surface area contributed by atoms with E-state index >= 15 is 4.39 Å². The summed E-state index contributed by atoms with van der Waals surface area (Å²) in [6.07, 6.45) is 0.445. The predicted molar refractivity (Wildman–Crippen MR) is 146 cm³/mol. The number of aliphatic hydroxyl groups is 1. The summed E-state index contributed by atoms with van der Waals surface area (Å²) in [6, 6.07) is 11.6. The van der Waals surface area contributed by atoms with Gasteiger partial charge in [-0.15, -0.1) is 0 Å². The molecule has 0 bridgehead atoms. The van der Waals surface area contributed by atoms with E-state index in [1.165, 1.54) is 19.1 Å². The molecule has 214 valence electrons. The van der Waals surface area contributed by atoms with Crippen LogP contribution in [0.5, 0.6) is 5.75 Å². The van der Waals surface area contributed by atoms with Gasteiger partial charge in [0.05, 0.1) is 29.9 Å². The molecule has 2 aliphatic heterocycles. The fourth-order valence-corrected chi connectivity index (χ4v) is 5.69. The summed E-state index contributed by atoms with van der Waals surface area (Å²) in [4.78, 5) is 29.4. The highest BCUT2D eigenvalue weighted by molar-refractivity contribution is 6.05. The van der Waals surface area contributed by atoms with Crippen LogP contribution in [0.2, 0.25) is 0 Å². The van der Waals surface area contributed by atoms with Gasteiger partial charge in [0.2, 0.25) is 5.91 Å². The van der Waals surface area contributed by atoms with E-state index in [0.717, 1.165) is 17.7 Å². The Labute approximate surface area is 233 Å². The van der Waals surface area contributed by atoms with Gasteiger partial charge in [0.1, 0.15) is 11.2 Å². The minimum absolute atomic E-state index is 0.0751. The Bertz CT molecular complexity index is 1310. The van der Waals surface area contributed by atoms with Gasteiger partial charge in [-0.25, -0.2) is 8.78 Å². The van der Waals surface area contributed by atoms with Gasteiger partial charge in [0.15, 0.2) is 11.6 Å². The third kappa shape index (κ3) is 6.11. The first kappa shape index (κ1) is 29.4. The van der Waals surface area contributed by atoms with Crippen LogP contribution in [0.15, 0.2) is 36.4 Å². The lowest BCUT2D eigenvalue weighted by Gasteiger charge is -2.34. The zero-order valence-electron chi connectivity index (χ0n) is 23.1. The number of alkyl halides is 1. The van der Waals surface area contributed by atoms with Crippen molar-refractivity contribution in [2.75, 3.05) is 32.8 Å². The van der Waals surface area contributed by atoms with Crippen LogP contribution in [-0.4, -0.2) is 76.8 Å². The van der Waals surface area contributed by atoms with Crippen molar-refractivity contribution in [1.82, 2.24) is 9.80 Å². The molecule has 2 heterocycles. The second-order valence-electron chi connectivity index (χ2n) is 11.6. The molecule has 2 saturated heterocycles. The number of carbonyl (C=O) groups is 2. The maximum absolute atomic E-state index is 16.2. The third-order valence-electron chi connectivity index (χ3n) is 7.84. The number of primary amides is 1. The SMILES string of the molecule is CC(C)(F)CN1CCC(COc2ccc(-c3ccccc3C#N)c(C(=O)N3C[C@H](O)C[C@@]3(C)C(N)=O)c2F)CC1. The number of hydrogen-bond donors (Lipinski definition) is 2. The van der Waals surface area contributed by atoms with Crippen LogP contribution < -0.4 is 10.5 Å². The Morgan fingerprint density at radius 3 is 2.50 bits per heavy atom. The average Bonchev–Trinajstić information content (AvgIpc) is 3.22. The molecule has 4 rings (SSSR count). The highest BCUT2D eigenvalue weighted by atomic mass is 19.1. The number of hydrogen-bond acceptors (Lipinski definition) is 6. The lowest BCUT2D eigenvalue weighted by molar-refractivity contribution is -0.126. The Morgan fingerprint density at radius 1 is 1.20 bits per heavy atom. The Kier molecular flexibility index (Phi) is 8.47. The summed E-state index contributed by atoms with van der Waals surface area (Å²) >= 11 is 0. The number of nitrogens with zero attached hydrogens (tertiary/aromatic N) is 3. The molecular weight excluding hydrogens is 518 g/mol. The van der Waals surface area contributed by atoms with E-state index in [4.69, 9.17) is 10.5 Å². The van der Waals surface area contributed by atoms with E-state index in [1.54, 1.807) is 38.1 Å². The van der Waals surface area contributed by atoms with E-state index in [1.807, 2.05) is 0 Å². The molecule has 0 saturated carbocycles. The molecule has 8 nitrogen and oxygen atoms in total. The van der Waals surface area contributed by atoms with Crippen molar-refractivity contribution in [2.45, 2.75) is 57.3 Å². The summed E-state index contributed by atoms with van der Waals surface area (Å²) in [7, 11) is 0. The van der Waals surface area contributed by atoms with Gasteiger partial charge >= 0.3 is 0 Å². The molecule has 0 aliphatic carbocycles. The topological polar surface area (TPSA) is 120 Å². The second-order valence-corrected chi connectivity index (χ2v) is 11.6. The number of aliphatic hydroxyl groups excluding tert-OH is 1. The molecule has 2 aromatic carbocycles. The molecule has 0 aromatic heterocycles. The van der Waals surface area contributed by atoms with E-state index in [0.29, 0.717) is 25.2 Å². The highest BCUT2D eigenvalue weighted by Crippen LogP contribution is 2.38. The van der Waals surface area contributed by atoms with E-state index < -0.39 is 34.9 Å². The number of carbonyl (C=O) groups excluding carboxylic acids is 2. The number of β-amino-alcohol motifs (C(OH)–C–C–N with tert-alkyl or cyclic N) is 1. The zero-order valence-corrected chi connectivity index (χ0v) is 23.1. The monoisotopic (exact) mass is 554 g/mol. The smallest absolute Gasteiger partial charge is 0.258 e. The van der Waals surface area contributed by atoms with E-state index in [9.17, 15) is 24.3 Å². The molecule has 0 spiro atoms. The molecular formula is C30H36F2N4O4. The van der Waals surface area contributed by atoms with Crippen LogP contribution in [0.1, 0.15) is 56.0 Å². The van der Waals surface area contributed by atoms with Gasteiger partial charge in [-0.05, 0) is 76.4 Å². The summed E-state index contributed by atoms with van der Waals surface area (Å²) in [6.45, 7) is 6.34. The van der Waals surface area contributed by atoms with E-state index in [2.05, 4.69) is 11.0 Å². The molecule has 3 N–H and O–H groups in total. The summed E-state index contributed by atoms with van der Waals surface area (Å²) in [5.74, 6) is -2.56. The number of piperidine rings is 1. The maximum Gasteiger partial charge on any atom is 0.258 e. The largest absolute Gasteiger partial charge is 0.490 e. The Hall–Kier alpha value is -3.55. The van der Waals surface area contributed by atoms with Crippen molar-refractivity contribution in [3.63, 3.8) is 0 Å². The van der Waals surface area contributed by atoms with Crippen molar-refractivity contribution in [2.24, 2.45) is 11.7 Å². The lowest BCUT2D eigenvalue weighted by atomic mass is 9.92. The van der Waals surface area contributed by atoms with Gasteiger partial charge in [-0.2, -0.15) is 5.26 Å². The number of likely N-dealkylation sites (tertiary alicyclic amines) is 2. The number of halogens is 2. The number of rotatable bonds is 8. The quantitative estimate of drug-likeness (QED) is 0.514. The van der Waals surface area contributed by atoms with Gasteiger partial charge < -0.3 is 25.4 Å². The standard InChI is InChI=1S/C30H36F2N4O4/c1-29(2,32)18-35-12-10-19(11-13-35)17-40-24-9-8-23(22-7-5-4-6-20(22)15-33)25(26(24)31)27(38)36-16-21(37)14-30(36,3)28(34)39/h4-9,19,21,37H,10-14,16-18H2,1-3H3,(H2,34,39)/t21-,30+/m1/s1. The zero-order chi connectivity index (χ0) is 29.2. The lowest BCUT2D eigenvalue weighted by Crippen LogP contribution is -2.54. The van der Waals surface area contributed by atoms with Gasteiger partial charge in [-0.3, -0.25) is 9.59 Å². The van der Waals surface area contributed by atoms with Gasteiger partial charge in [0.25, 0.3) is 5.91 Å². The second kappa shape index (κ2) is 11.5. The molecule has 10 heteroatoms. The number of nitrogens with two attached hydrogens (primary N) is 1. The fraction of sp³-hybridized carbons (Fsp3) is 0.500.